The normalized spacial score (nSPS) is 12.6. The van der Waals surface area contributed by atoms with E-state index < -0.39 is 118 Å². The summed E-state index contributed by atoms with van der Waals surface area (Å²) >= 11 is 25.5. The van der Waals surface area contributed by atoms with Gasteiger partial charge in [-0.25, -0.2) is 78.3 Å². The second-order valence-electron chi connectivity index (χ2n) is 29.2. The van der Waals surface area contributed by atoms with E-state index in [2.05, 4.69) is 19.7 Å². The molecular weight excluding hydrogens is 1890 g/mol. The number of carboxylic acid groups (broad SMARTS) is 2. The highest BCUT2D eigenvalue weighted by atomic mass is 35.5. The molecule has 0 bridgehead atoms. The van der Waals surface area contributed by atoms with Gasteiger partial charge in [0, 0.05) is 98.8 Å². The van der Waals surface area contributed by atoms with Crippen molar-refractivity contribution >= 4 is 207 Å². The van der Waals surface area contributed by atoms with Gasteiger partial charge in [0.1, 0.15) is 54.7 Å². The summed E-state index contributed by atoms with van der Waals surface area (Å²) < 4.78 is 89.5. The van der Waals surface area contributed by atoms with E-state index in [-0.39, 0.29) is 133 Å². The number of ketones is 2. The summed E-state index contributed by atoms with van der Waals surface area (Å²) in [5, 5.41) is 23.6. The highest BCUT2D eigenvalue weighted by Gasteiger charge is 2.42. The van der Waals surface area contributed by atoms with Crippen molar-refractivity contribution in [3.8, 4) is 28.6 Å². The number of sulfonamides is 2. The molecule has 2 amide bonds. The van der Waals surface area contributed by atoms with Crippen molar-refractivity contribution in [2.24, 2.45) is 28.2 Å². The van der Waals surface area contributed by atoms with Crippen molar-refractivity contribution in [1.82, 2.24) is 56.4 Å². The van der Waals surface area contributed by atoms with Gasteiger partial charge in [-0.3, -0.25) is 33.6 Å². The molecule has 8 heterocycles. The number of H-pyrrole nitrogens is 3. The molecule has 686 valence electrons. The summed E-state index contributed by atoms with van der Waals surface area (Å²) in [5.74, 6) is -9.69. The number of allylic oxidation sites excluding steroid dienone is 1. The van der Waals surface area contributed by atoms with Gasteiger partial charge in [-0.2, -0.15) is 0 Å². The second kappa shape index (κ2) is 37.4. The predicted octanol–water partition coefficient (Wildman–Crippen LogP) is 10.7. The number of aromatic amines is 3. The molecule has 7 N–H and O–H groups in total. The Bertz CT molecular complexity index is 8500. The number of hydrogen-bond donors (Lipinski definition) is 7. The van der Waals surface area contributed by atoms with E-state index in [9.17, 15) is 99.0 Å². The zero-order valence-corrected chi connectivity index (χ0v) is 76.3. The van der Waals surface area contributed by atoms with Gasteiger partial charge < -0.3 is 67.1 Å². The van der Waals surface area contributed by atoms with Crippen LogP contribution in [-0.4, -0.2) is 162 Å². The van der Waals surface area contributed by atoms with E-state index in [0.717, 1.165) is 33.6 Å². The van der Waals surface area contributed by atoms with Crippen molar-refractivity contribution in [3.05, 3.63) is 302 Å². The first-order chi connectivity index (χ1) is 63.6. The molecule has 1 unspecified atom stereocenters. The van der Waals surface area contributed by atoms with Crippen LogP contribution < -0.4 is 52.7 Å². The molecule has 8 aromatic heterocycles. The summed E-state index contributed by atoms with van der Waals surface area (Å²) in [6.45, 7) is 1.68. The minimum atomic E-state index is -4.62. The molecule has 1 atom stereocenters. The van der Waals surface area contributed by atoms with Gasteiger partial charge in [-0.1, -0.05) is 88.9 Å². The van der Waals surface area contributed by atoms with Gasteiger partial charge in [0.15, 0.2) is 17.3 Å². The van der Waals surface area contributed by atoms with Crippen molar-refractivity contribution < 1.29 is 93.9 Å². The van der Waals surface area contributed by atoms with Crippen LogP contribution in [0.3, 0.4) is 0 Å². The number of para-hydroxylation sites is 2. The van der Waals surface area contributed by atoms with E-state index in [1.165, 1.54) is 152 Å². The van der Waals surface area contributed by atoms with Crippen LogP contribution in [0.4, 0.5) is 0 Å². The number of nitrogens with one attached hydrogen (secondary N) is 5. The molecule has 0 spiro atoms. The number of hydrogen-bond acceptors (Lipinski definition) is 25. The first-order valence-corrected chi connectivity index (χ1v) is 44.4. The molecule has 16 aromatic rings. The number of aromatic nitrogens is 10. The van der Waals surface area contributed by atoms with Gasteiger partial charge >= 0.3 is 46.9 Å². The van der Waals surface area contributed by atoms with E-state index in [0.29, 0.717) is 58.7 Å². The average molecular weight is 1960 g/mol. The highest BCUT2D eigenvalue weighted by Crippen LogP contribution is 2.41. The zero-order chi connectivity index (χ0) is 97.0. The predicted molar refractivity (Wildman–Crippen MR) is 495 cm³/mol. The minimum Gasteiger partial charge on any atom is -0.497 e. The molecule has 38 nitrogen and oxygen atoms in total. The number of rotatable bonds is 18. The number of benzene rings is 8. The average Bonchev–Trinajstić information content (AvgIpc) is 1.58. The third-order valence-electron chi connectivity index (χ3n) is 21.6. The number of ether oxygens (including phenoxy) is 5. The standard InChI is InChI=1S/C26H21ClN4O7S.C26H19ClN4O7S.C19H16ClNO6.C18H12ClN3O6S/c1-30-19-10-8-14(27)12-17(19)22(31-25(33)16-6-4-5-7-18(16)28-26(31)34)23(30)24(32)29-39(35,36)21-11-9-15(37-2)13-20(21)38-3;1-30-19-12-11-14(27)13-17(19)21(31-24(33)15-7-3-5-9-18(15)28-26(31)35)22(30)23(32)29-39(36,37)20-10-6-4-8-16(20)25(34)38-2;1-3-27-19(26)10-5-7-13(22)15(17(10)23)14-11-8-9(20)4-6-12(11)21(2)16(14)18(24)25;1-21-10-4-3-7(19)5-8(10)12(13(21)16(24)25)22-15(23)11-9(20-18(22)27)6-29-14(11)17(26)28-2/h4-13H,1-3H3,(H,28,34)(H,29,32);3-13H,1-2H3,(H,28,35)(H,29,32);4-6,8,15H,3,7H2,1-2H3,(H,24,25);3-6H,1-2H3,(H,20,27)(H,24,25). The molecule has 0 fully saturated rings. The lowest BCUT2D eigenvalue weighted by Crippen LogP contribution is -2.37. The largest absolute Gasteiger partial charge is 0.497 e. The monoisotopic (exact) mass is 1960 g/mol. The lowest BCUT2D eigenvalue weighted by atomic mass is 9.80. The molecule has 0 saturated heterocycles. The number of carboxylic acids is 2. The molecule has 0 saturated carbocycles. The Morgan fingerprint density at radius 3 is 1.34 bits per heavy atom. The molecule has 0 radical (unpaired) electrons. The maximum absolute atomic E-state index is 13.7. The third-order valence-corrected chi connectivity index (χ3v) is 26.2. The van der Waals surface area contributed by atoms with Crippen LogP contribution in [0.5, 0.6) is 11.5 Å². The maximum atomic E-state index is 13.7. The van der Waals surface area contributed by atoms with Crippen LogP contribution >= 0.6 is 57.7 Å². The molecule has 1 aliphatic carbocycles. The Kier molecular flexibility index (Phi) is 26.4. The van der Waals surface area contributed by atoms with Gasteiger partial charge in [0.25, 0.3) is 48.5 Å². The Hall–Kier alpha value is -15.5. The lowest BCUT2D eigenvalue weighted by Gasteiger charge is -2.20. The topological polar surface area (TPSA) is 517 Å². The Balaban J connectivity index is 0.000000145. The molecular formula is C89H68Cl4N12O26S3. The number of halogens is 4. The Morgan fingerprint density at radius 1 is 0.463 bits per heavy atom. The van der Waals surface area contributed by atoms with Gasteiger partial charge in [0.05, 0.1) is 107 Å². The molecule has 0 aliphatic heterocycles. The number of methoxy groups -OCH3 is 4. The lowest BCUT2D eigenvalue weighted by molar-refractivity contribution is -0.140. The molecule has 17 rings (SSSR count). The second-order valence-corrected chi connectivity index (χ2v) is 35.1. The number of thiophene rings is 1. The van der Waals surface area contributed by atoms with Crippen molar-refractivity contribution in [1.29, 1.82) is 0 Å². The summed E-state index contributed by atoms with van der Waals surface area (Å²) in [6, 6.07) is 40.5. The van der Waals surface area contributed by atoms with E-state index in [1.807, 2.05) is 9.44 Å². The third kappa shape index (κ3) is 17.1. The Labute approximate surface area is 775 Å². The number of Topliss-reactive ketones (excluding diaryl/α,β-unsaturated/α-hetero) is 2. The number of carbonyl (C=O) groups is 9. The fraction of sp³-hybridized carbons (Fsp3) is 0.135. The van der Waals surface area contributed by atoms with Crippen molar-refractivity contribution in [2.75, 3.05) is 35.0 Å². The van der Waals surface area contributed by atoms with Crippen LogP contribution in [0.1, 0.15) is 86.8 Å². The molecule has 1 aliphatic rings. The molecule has 134 heavy (non-hydrogen) atoms. The first-order valence-electron chi connectivity index (χ1n) is 39.1. The maximum Gasteiger partial charge on any atom is 0.354 e. The summed E-state index contributed by atoms with van der Waals surface area (Å²) in [4.78, 5) is 199. The van der Waals surface area contributed by atoms with Gasteiger partial charge in [-0.15, -0.1) is 11.3 Å². The fourth-order valence-corrected chi connectivity index (χ4v) is 19.5. The van der Waals surface area contributed by atoms with Crippen LogP contribution in [-0.2, 0) is 76.8 Å². The minimum absolute atomic E-state index is 0.00708. The summed E-state index contributed by atoms with van der Waals surface area (Å²) in [5.41, 5.74) is -4.14. The zero-order valence-electron chi connectivity index (χ0n) is 70.8. The van der Waals surface area contributed by atoms with Crippen LogP contribution in [0.15, 0.2) is 219 Å². The van der Waals surface area contributed by atoms with Gasteiger partial charge in [-0.05, 0) is 128 Å². The number of fused-ring (bicyclic) bond motifs is 7. The number of nitrogens with zero attached hydrogens (tertiary/aromatic N) is 7. The number of amides is 2. The summed E-state index contributed by atoms with van der Waals surface area (Å²) in [7, 11) is 1.87. The number of esters is 3. The molecule has 8 aromatic carbocycles. The summed E-state index contributed by atoms with van der Waals surface area (Å²) in [6.07, 6.45) is 1.07. The van der Waals surface area contributed by atoms with Crippen molar-refractivity contribution in [2.45, 2.75) is 29.1 Å². The van der Waals surface area contributed by atoms with E-state index in [4.69, 9.17) is 65.4 Å². The highest BCUT2D eigenvalue weighted by molar-refractivity contribution is 7.90. The quantitative estimate of drug-likeness (QED) is 0.0182. The smallest absolute Gasteiger partial charge is 0.354 e. The number of carbonyl (C=O) groups excluding carboxylic acids is 7. The SMILES string of the molecule is CCOC(=O)C1=CCC(=O)C(c2c(C(=O)O)n(C)c3ccc(Cl)cc23)C1=O.COC(=O)c1ccccc1S(=O)(=O)NC(=O)c1c(-n2c(=O)[nH]c3ccccc3c2=O)c2cc(Cl)ccc2n1C.COC(=O)c1scc2[nH]c(=O)n(-c3c(C(=O)O)n(C)c4ccc(Cl)cc34)c(=O)c12.COc1ccc(S(=O)(=O)NC(=O)c2c(-n3c(=O)[nH]c4ccccc4c3=O)c3cc(Cl)ccc3n2C)c(OC)c1. The fourth-order valence-electron chi connectivity index (χ4n) is 15.7. The van der Waals surface area contributed by atoms with E-state index in [1.54, 1.807) is 91.9 Å². The van der Waals surface area contributed by atoms with Crippen molar-refractivity contribution in [3.63, 3.8) is 0 Å². The Morgan fingerprint density at radius 2 is 0.881 bits per heavy atom. The van der Waals surface area contributed by atoms with Crippen LogP contribution in [0, 0.1) is 0 Å². The van der Waals surface area contributed by atoms with E-state index >= 15 is 0 Å². The number of aromatic carboxylic acids is 2. The van der Waals surface area contributed by atoms with Crippen LogP contribution in [0.2, 0.25) is 20.1 Å². The molecule has 45 heteroatoms. The first kappa shape index (κ1) is 94.6. The number of aryl methyl sites for hydroxylation is 4. The van der Waals surface area contributed by atoms with Gasteiger partial charge in [0.2, 0.25) is 0 Å². The van der Waals surface area contributed by atoms with Crippen LogP contribution in [0.25, 0.3) is 93.4 Å².